The maximum atomic E-state index is 13.6. The van der Waals surface area contributed by atoms with Crippen LogP contribution in [0.25, 0.3) is 5.70 Å². The van der Waals surface area contributed by atoms with E-state index in [1.807, 2.05) is 71.8 Å². The number of piperidine rings is 1. The summed E-state index contributed by atoms with van der Waals surface area (Å²) >= 11 is 1.44. The Morgan fingerprint density at radius 2 is 1.73 bits per heavy atom. The lowest BCUT2D eigenvalue weighted by molar-refractivity contribution is -0.151. The van der Waals surface area contributed by atoms with Crippen molar-refractivity contribution >= 4 is 40.5 Å². The zero-order valence-electron chi connectivity index (χ0n) is 23.7. The number of likely N-dealkylation sites (tertiary alicyclic amines) is 1. The third-order valence-corrected chi connectivity index (χ3v) is 8.36. The summed E-state index contributed by atoms with van der Waals surface area (Å²) in [5.74, 6) is -1.05. The molecule has 1 saturated heterocycles. The molecule has 3 aliphatic rings. The number of benzene rings is 2. The predicted octanol–water partition coefficient (Wildman–Crippen LogP) is 5.46. The van der Waals surface area contributed by atoms with E-state index in [-0.39, 0.29) is 30.8 Å². The zero-order chi connectivity index (χ0) is 28.9. The Morgan fingerprint density at radius 3 is 2.44 bits per heavy atom. The van der Waals surface area contributed by atoms with Crippen molar-refractivity contribution in [1.82, 2.24) is 9.80 Å². The first-order valence-corrected chi connectivity index (χ1v) is 15.0. The summed E-state index contributed by atoms with van der Waals surface area (Å²) in [6.45, 7) is 7.11. The van der Waals surface area contributed by atoms with E-state index in [0.717, 1.165) is 35.2 Å². The van der Waals surface area contributed by atoms with Gasteiger partial charge in [0.25, 0.3) is 0 Å². The van der Waals surface area contributed by atoms with E-state index in [1.165, 1.54) is 11.8 Å². The van der Waals surface area contributed by atoms with Crippen molar-refractivity contribution in [3.8, 4) is 0 Å². The summed E-state index contributed by atoms with van der Waals surface area (Å²) in [4.78, 5) is 48.3. The van der Waals surface area contributed by atoms with Gasteiger partial charge in [0.1, 0.15) is 0 Å². The lowest BCUT2D eigenvalue weighted by Crippen LogP contribution is -2.44. The molecule has 0 radical (unpaired) electrons. The monoisotopic (exact) mass is 573 g/mol. The molecule has 2 atom stereocenters. The second kappa shape index (κ2) is 12.8. The lowest BCUT2D eigenvalue weighted by atomic mass is 9.91. The van der Waals surface area contributed by atoms with Crippen molar-refractivity contribution in [2.24, 2.45) is 10.9 Å². The van der Waals surface area contributed by atoms with E-state index >= 15 is 0 Å². The summed E-state index contributed by atoms with van der Waals surface area (Å²) < 4.78 is 10.8. The Kier molecular flexibility index (Phi) is 8.93. The summed E-state index contributed by atoms with van der Waals surface area (Å²) in [6, 6.07) is 17.2. The highest BCUT2D eigenvalue weighted by molar-refractivity contribution is 8.16. The van der Waals surface area contributed by atoms with Gasteiger partial charge in [0.15, 0.2) is 5.17 Å². The number of esters is 2. The minimum Gasteiger partial charge on any atom is -0.466 e. The van der Waals surface area contributed by atoms with Gasteiger partial charge in [-0.05, 0) is 44.6 Å². The first-order chi connectivity index (χ1) is 19.9. The van der Waals surface area contributed by atoms with E-state index < -0.39 is 12.0 Å². The number of carbonyl (C=O) groups is 3. The van der Waals surface area contributed by atoms with Crippen LogP contribution in [0.4, 0.5) is 0 Å². The van der Waals surface area contributed by atoms with Gasteiger partial charge < -0.3 is 19.3 Å². The molecule has 41 heavy (non-hydrogen) atoms. The summed E-state index contributed by atoms with van der Waals surface area (Å²) in [7, 11) is 0. The van der Waals surface area contributed by atoms with Gasteiger partial charge in [-0.3, -0.25) is 9.59 Å². The number of carbonyl (C=O) groups excluding carboxylic acids is 3. The molecular weight excluding hydrogens is 538 g/mol. The molecule has 0 unspecified atom stereocenters. The van der Waals surface area contributed by atoms with Gasteiger partial charge in [-0.25, -0.2) is 9.79 Å². The highest BCUT2D eigenvalue weighted by Gasteiger charge is 2.43. The maximum Gasteiger partial charge on any atom is 0.338 e. The van der Waals surface area contributed by atoms with E-state index in [9.17, 15) is 14.4 Å². The Labute approximate surface area is 245 Å². The van der Waals surface area contributed by atoms with Crippen LogP contribution in [0, 0.1) is 12.8 Å². The topological polar surface area (TPSA) is 88.5 Å². The number of thioether (sulfide) groups is 1. The van der Waals surface area contributed by atoms with Crippen molar-refractivity contribution in [3.05, 3.63) is 88.0 Å². The highest BCUT2D eigenvalue weighted by Crippen LogP contribution is 2.47. The van der Waals surface area contributed by atoms with Gasteiger partial charge in [-0.1, -0.05) is 71.9 Å². The fraction of sp³-hybridized carbons (Fsp3) is 0.375. The number of aryl methyl sites for hydroxylation is 1. The minimum absolute atomic E-state index is 0.0646. The highest BCUT2D eigenvalue weighted by atomic mass is 32.2. The third kappa shape index (κ3) is 6.10. The molecule has 214 valence electrons. The molecule has 1 amide bonds. The van der Waals surface area contributed by atoms with E-state index in [4.69, 9.17) is 14.5 Å². The molecule has 0 aliphatic carbocycles. The van der Waals surface area contributed by atoms with Gasteiger partial charge in [-0.15, -0.1) is 0 Å². The zero-order valence-corrected chi connectivity index (χ0v) is 24.5. The van der Waals surface area contributed by atoms with Crippen LogP contribution in [0.5, 0.6) is 0 Å². The van der Waals surface area contributed by atoms with E-state index in [1.54, 1.807) is 18.7 Å². The number of rotatable bonds is 8. The van der Waals surface area contributed by atoms with Crippen LogP contribution in [0.15, 0.2) is 76.3 Å². The number of amidine groups is 1. The quantitative estimate of drug-likeness (QED) is 0.388. The van der Waals surface area contributed by atoms with Gasteiger partial charge in [0.2, 0.25) is 5.91 Å². The molecule has 0 spiro atoms. The van der Waals surface area contributed by atoms with Crippen molar-refractivity contribution in [2.75, 3.05) is 26.3 Å². The fourth-order valence-electron chi connectivity index (χ4n) is 5.48. The molecule has 0 aromatic heterocycles. The molecule has 3 aliphatic heterocycles. The van der Waals surface area contributed by atoms with Crippen LogP contribution < -0.4 is 0 Å². The second-order valence-electron chi connectivity index (χ2n) is 10.3. The number of hydrogen-bond donors (Lipinski definition) is 0. The maximum absolute atomic E-state index is 13.6. The number of aliphatic imine (C=N–C) groups is 1. The van der Waals surface area contributed by atoms with E-state index in [0.29, 0.717) is 36.1 Å². The average molecular weight is 574 g/mol. The largest absolute Gasteiger partial charge is 0.466 e. The van der Waals surface area contributed by atoms with Crippen molar-refractivity contribution in [3.63, 3.8) is 0 Å². The summed E-state index contributed by atoms with van der Waals surface area (Å²) in [6.07, 6.45) is 1.60. The first-order valence-electron chi connectivity index (χ1n) is 14.1. The Morgan fingerprint density at radius 1 is 1.00 bits per heavy atom. The Hall–Kier alpha value is -3.85. The van der Waals surface area contributed by atoms with Crippen LogP contribution >= 0.6 is 11.8 Å². The molecule has 3 heterocycles. The fourth-order valence-corrected chi connectivity index (χ4v) is 6.39. The molecule has 9 heteroatoms. The van der Waals surface area contributed by atoms with Crippen LogP contribution in [0.3, 0.4) is 0 Å². The third-order valence-electron chi connectivity index (χ3n) is 7.47. The van der Waals surface area contributed by atoms with Crippen molar-refractivity contribution in [2.45, 2.75) is 46.1 Å². The molecule has 0 saturated carbocycles. The number of nitrogens with zero attached hydrogens (tertiary/aromatic N) is 3. The molecule has 0 N–H and O–H groups in total. The second-order valence-corrected chi connectivity index (χ2v) is 11.1. The lowest BCUT2D eigenvalue weighted by Gasteiger charge is -2.37. The number of amides is 1. The van der Waals surface area contributed by atoms with Crippen LogP contribution in [-0.4, -0.2) is 59.1 Å². The molecular formula is C32H35N3O5S. The first kappa shape index (κ1) is 28.7. The molecule has 8 nitrogen and oxygen atoms in total. The van der Waals surface area contributed by atoms with Crippen molar-refractivity contribution < 1.29 is 23.9 Å². The smallest absolute Gasteiger partial charge is 0.338 e. The molecule has 5 rings (SSSR count). The molecule has 2 aromatic carbocycles. The SMILES string of the molecule is CCOC(=O)C1=C(c2ccccc2)N=C2SC=C(CC(=O)N3CCC[C@H](C(=O)OCC)C3)N2[C@H]1c1ccc(C)cc1. The van der Waals surface area contributed by atoms with Gasteiger partial charge >= 0.3 is 11.9 Å². The van der Waals surface area contributed by atoms with E-state index in [2.05, 4.69) is 0 Å². The molecule has 2 aromatic rings. The number of ether oxygens (including phenoxy) is 2. The van der Waals surface area contributed by atoms with Crippen LogP contribution in [0.2, 0.25) is 0 Å². The predicted molar refractivity (Wildman–Crippen MR) is 159 cm³/mol. The average Bonchev–Trinajstić information content (AvgIpc) is 3.39. The molecule has 0 bridgehead atoms. The van der Waals surface area contributed by atoms with Crippen LogP contribution in [0.1, 0.15) is 55.8 Å². The number of fused-ring (bicyclic) bond motifs is 1. The van der Waals surface area contributed by atoms with Gasteiger partial charge in [0, 0.05) is 24.4 Å². The van der Waals surface area contributed by atoms with Gasteiger partial charge in [0.05, 0.1) is 42.9 Å². The Balaban J connectivity index is 1.50. The number of hydrogen-bond acceptors (Lipinski definition) is 8. The Bertz CT molecular complexity index is 1400. The minimum atomic E-state index is -0.528. The molecule has 1 fully saturated rings. The summed E-state index contributed by atoms with van der Waals surface area (Å²) in [5, 5.41) is 2.65. The van der Waals surface area contributed by atoms with Gasteiger partial charge in [-0.2, -0.15) is 0 Å². The van der Waals surface area contributed by atoms with Crippen molar-refractivity contribution in [1.29, 1.82) is 0 Å². The van der Waals surface area contributed by atoms with Crippen LogP contribution in [-0.2, 0) is 23.9 Å². The summed E-state index contributed by atoms with van der Waals surface area (Å²) in [5.41, 5.74) is 4.60. The normalized spacial score (nSPS) is 20.3. The standard InChI is InChI=1S/C32H35N3O5S/c1-4-39-30(37)24-12-9-17-34(19-24)26(36)18-25-20-41-32-33-28(22-10-7-6-8-11-22)27(31(38)40-5-2)29(35(25)32)23-15-13-21(3)14-16-23/h6-8,10-11,13-16,20,24,29H,4-5,9,12,17-19H2,1-3H3/t24-,29-/m0/s1.